The molecule has 0 aromatic heterocycles. The van der Waals surface area contributed by atoms with Crippen molar-refractivity contribution >= 4 is 23.2 Å². The molecule has 0 aliphatic carbocycles. The highest BCUT2D eigenvalue weighted by atomic mass is 35.5. The number of halogens is 1. The van der Waals surface area contributed by atoms with Crippen LogP contribution in [0.5, 0.6) is 0 Å². The minimum Gasteiger partial charge on any atom is -0.378 e. The molecule has 5 heteroatoms. The van der Waals surface area contributed by atoms with Gasteiger partial charge < -0.3 is 15.1 Å². The van der Waals surface area contributed by atoms with Gasteiger partial charge in [-0.15, -0.1) is 0 Å². The lowest BCUT2D eigenvalue weighted by molar-refractivity contribution is -0.683. The van der Waals surface area contributed by atoms with Gasteiger partial charge in [0.2, 0.25) is 0 Å². The van der Waals surface area contributed by atoms with Crippen LogP contribution < -0.4 is 10.2 Å². The standard InChI is InChI=1S/C20H26ClN3O/c1-15(18-7-5-6-8-19(18)21)22-13-20(25)24(4)14-16-9-11-17(12-10-16)23(2)3/h5-12,15,22H,13-14H2,1-4H3/p+1/t15-/m0/s1. The number of quaternary nitrogens is 1. The SMILES string of the molecule is C[C@H]([NH2+]CC(=O)N(C)Cc1ccc(N(C)C)cc1)c1ccccc1Cl. The van der Waals surface area contributed by atoms with E-state index < -0.39 is 0 Å². The Labute approximate surface area is 155 Å². The molecule has 2 aromatic carbocycles. The van der Waals surface area contributed by atoms with Crippen molar-refractivity contribution in [2.24, 2.45) is 0 Å². The molecule has 1 atom stereocenters. The molecular formula is C20H27ClN3O+. The summed E-state index contributed by atoms with van der Waals surface area (Å²) in [6.45, 7) is 3.08. The molecule has 2 aromatic rings. The Morgan fingerprint density at radius 3 is 2.32 bits per heavy atom. The van der Waals surface area contributed by atoms with Gasteiger partial charge in [-0.1, -0.05) is 41.9 Å². The highest BCUT2D eigenvalue weighted by Crippen LogP contribution is 2.19. The Balaban J connectivity index is 1.86. The Morgan fingerprint density at radius 1 is 1.08 bits per heavy atom. The second-order valence-corrected chi connectivity index (χ2v) is 6.97. The van der Waals surface area contributed by atoms with Crippen LogP contribution in [-0.2, 0) is 11.3 Å². The molecule has 4 nitrogen and oxygen atoms in total. The van der Waals surface area contributed by atoms with E-state index in [1.165, 1.54) is 0 Å². The van der Waals surface area contributed by atoms with Gasteiger partial charge in [-0.05, 0) is 30.7 Å². The average molecular weight is 361 g/mol. The zero-order valence-corrected chi connectivity index (χ0v) is 16.1. The Kier molecular flexibility index (Phi) is 6.85. The molecule has 0 radical (unpaired) electrons. The first-order valence-corrected chi connectivity index (χ1v) is 8.84. The van der Waals surface area contributed by atoms with Crippen molar-refractivity contribution in [3.05, 3.63) is 64.7 Å². The van der Waals surface area contributed by atoms with Crippen LogP contribution in [0.25, 0.3) is 0 Å². The molecule has 0 unspecified atom stereocenters. The van der Waals surface area contributed by atoms with E-state index in [9.17, 15) is 4.79 Å². The molecule has 0 bridgehead atoms. The lowest BCUT2D eigenvalue weighted by Crippen LogP contribution is -2.87. The summed E-state index contributed by atoms with van der Waals surface area (Å²) in [5.41, 5.74) is 3.33. The minimum atomic E-state index is 0.107. The summed E-state index contributed by atoms with van der Waals surface area (Å²) in [4.78, 5) is 16.2. The predicted octanol–water partition coefficient (Wildman–Crippen LogP) is 2.69. The largest absolute Gasteiger partial charge is 0.378 e. The highest BCUT2D eigenvalue weighted by molar-refractivity contribution is 6.31. The van der Waals surface area contributed by atoms with Crippen LogP contribution in [0.4, 0.5) is 5.69 Å². The highest BCUT2D eigenvalue weighted by Gasteiger charge is 2.16. The number of carbonyl (C=O) groups excluding carboxylic acids is 1. The van der Waals surface area contributed by atoms with Crippen LogP contribution in [0.1, 0.15) is 24.1 Å². The van der Waals surface area contributed by atoms with Gasteiger partial charge in [0.05, 0.1) is 0 Å². The van der Waals surface area contributed by atoms with E-state index in [0.29, 0.717) is 13.1 Å². The number of benzene rings is 2. The van der Waals surface area contributed by atoms with E-state index in [-0.39, 0.29) is 11.9 Å². The second kappa shape index (κ2) is 8.88. The van der Waals surface area contributed by atoms with Crippen molar-refractivity contribution in [1.29, 1.82) is 0 Å². The fourth-order valence-electron chi connectivity index (χ4n) is 2.67. The molecule has 25 heavy (non-hydrogen) atoms. The van der Waals surface area contributed by atoms with Gasteiger partial charge >= 0.3 is 0 Å². The summed E-state index contributed by atoms with van der Waals surface area (Å²) in [6, 6.07) is 16.2. The van der Waals surface area contributed by atoms with Crippen molar-refractivity contribution in [2.75, 3.05) is 32.6 Å². The molecule has 0 aliphatic heterocycles. The maximum absolute atomic E-state index is 12.4. The van der Waals surface area contributed by atoms with E-state index in [1.807, 2.05) is 50.7 Å². The molecule has 0 spiro atoms. The Hall–Kier alpha value is -2.04. The van der Waals surface area contributed by atoms with Gasteiger partial charge in [0.25, 0.3) is 5.91 Å². The van der Waals surface area contributed by atoms with Gasteiger partial charge in [-0.3, -0.25) is 4.79 Å². The number of carbonyl (C=O) groups is 1. The van der Waals surface area contributed by atoms with Crippen LogP contribution >= 0.6 is 11.6 Å². The zero-order valence-electron chi connectivity index (χ0n) is 15.4. The maximum Gasteiger partial charge on any atom is 0.277 e. The summed E-state index contributed by atoms with van der Waals surface area (Å²) in [6.07, 6.45) is 0. The summed E-state index contributed by atoms with van der Waals surface area (Å²) < 4.78 is 0. The molecule has 2 N–H and O–H groups in total. The van der Waals surface area contributed by atoms with E-state index in [0.717, 1.165) is 21.8 Å². The van der Waals surface area contributed by atoms with Crippen LogP contribution in [0.2, 0.25) is 5.02 Å². The molecule has 0 saturated heterocycles. The van der Waals surface area contributed by atoms with Crippen molar-refractivity contribution in [2.45, 2.75) is 19.5 Å². The normalized spacial score (nSPS) is 11.9. The summed E-state index contributed by atoms with van der Waals surface area (Å²) in [5.74, 6) is 0.107. The van der Waals surface area contributed by atoms with Crippen LogP contribution in [-0.4, -0.2) is 38.5 Å². The first-order valence-electron chi connectivity index (χ1n) is 8.46. The number of amides is 1. The molecule has 0 aliphatic rings. The van der Waals surface area contributed by atoms with Gasteiger partial charge in [-0.2, -0.15) is 0 Å². The van der Waals surface area contributed by atoms with Gasteiger partial charge in [-0.25, -0.2) is 0 Å². The quantitative estimate of drug-likeness (QED) is 0.824. The van der Waals surface area contributed by atoms with Gasteiger partial charge in [0.15, 0.2) is 6.54 Å². The van der Waals surface area contributed by atoms with Crippen LogP contribution in [0.3, 0.4) is 0 Å². The molecular weight excluding hydrogens is 334 g/mol. The van der Waals surface area contributed by atoms with Gasteiger partial charge in [0, 0.05) is 44.0 Å². The lowest BCUT2D eigenvalue weighted by atomic mass is 10.1. The van der Waals surface area contributed by atoms with Crippen molar-refractivity contribution < 1.29 is 10.1 Å². The second-order valence-electron chi connectivity index (χ2n) is 6.56. The Morgan fingerprint density at radius 2 is 1.72 bits per heavy atom. The van der Waals surface area contributed by atoms with Crippen LogP contribution in [0.15, 0.2) is 48.5 Å². The first kappa shape index (κ1) is 19.3. The number of anilines is 1. The predicted molar refractivity (Wildman–Crippen MR) is 104 cm³/mol. The molecule has 134 valence electrons. The first-order chi connectivity index (χ1) is 11.9. The zero-order chi connectivity index (χ0) is 18.4. The van der Waals surface area contributed by atoms with Crippen molar-refractivity contribution in [3.8, 4) is 0 Å². The van der Waals surface area contributed by atoms with E-state index in [2.05, 4.69) is 36.1 Å². The number of likely N-dealkylation sites (N-methyl/N-ethyl adjacent to an activating group) is 1. The monoisotopic (exact) mass is 360 g/mol. The average Bonchev–Trinajstić information content (AvgIpc) is 2.60. The third-order valence-electron chi connectivity index (χ3n) is 4.34. The third kappa shape index (κ3) is 5.48. The van der Waals surface area contributed by atoms with Crippen molar-refractivity contribution in [1.82, 2.24) is 4.90 Å². The molecule has 0 saturated carbocycles. The van der Waals surface area contributed by atoms with Crippen molar-refractivity contribution in [3.63, 3.8) is 0 Å². The topological polar surface area (TPSA) is 40.2 Å². The third-order valence-corrected chi connectivity index (χ3v) is 4.68. The number of hydrogen-bond donors (Lipinski definition) is 1. The van der Waals surface area contributed by atoms with E-state index in [4.69, 9.17) is 11.6 Å². The Bertz CT molecular complexity index is 700. The molecule has 0 heterocycles. The number of rotatable bonds is 7. The number of hydrogen-bond acceptors (Lipinski definition) is 2. The lowest BCUT2D eigenvalue weighted by Gasteiger charge is -2.19. The number of nitrogens with two attached hydrogens (primary N) is 1. The maximum atomic E-state index is 12.4. The number of nitrogens with zero attached hydrogens (tertiary/aromatic N) is 2. The molecule has 1 amide bonds. The molecule has 0 fully saturated rings. The summed E-state index contributed by atoms with van der Waals surface area (Å²) in [5, 5.41) is 2.77. The fourth-order valence-corrected chi connectivity index (χ4v) is 2.97. The fraction of sp³-hybridized carbons (Fsp3) is 0.350. The van der Waals surface area contributed by atoms with Gasteiger partial charge in [0.1, 0.15) is 6.04 Å². The molecule has 2 rings (SSSR count). The van der Waals surface area contributed by atoms with Crippen LogP contribution in [0, 0.1) is 0 Å². The summed E-state index contributed by atoms with van der Waals surface area (Å²) in [7, 11) is 5.87. The smallest absolute Gasteiger partial charge is 0.277 e. The van der Waals surface area contributed by atoms with E-state index in [1.54, 1.807) is 4.90 Å². The minimum absolute atomic E-state index is 0.107. The summed E-state index contributed by atoms with van der Waals surface area (Å²) >= 11 is 6.22. The van der Waals surface area contributed by atoms with E-state index >= 15 is 0 Å².